The number of piperazine rings is 1. The molecule has 2 aliphatic heterocycles. The number of nitrogens with zero attached hydrogens (tertiary/aromatic N) is 2. The lowest BCUT2D eigenvalue weighted by Gasteiger charge is -2.34. The number of ether oxygens (including phenoxy) is 3. The maximum absolute atomic E-state index is 12.6. The Labute approximate surface area is 188 Å². The molecule has 0 spiro atoms. The summed E-state index contributed by atoms with van der Waals surface area (Å²) >= 11 is 0. The van der Waals surface area contributed by atoms with E-state index in [1.54, 1.807) is 12.1 Å². The molecule has 2 amide bonds. The molecule has 0 bridgehead atoms. The van der Waals surface area contributed by atoms with Crippen LogP contribution in [-0.4, -0.2) is 68.8 Å². The molecule has 1 fully saturated rings. The first-order valence-electron chi connectivity index (χ1n) is 10.8. The monoisotopic (exact) mass is 439 g/mol. The minimum absolute atomic E-state index is 0.102. The molecule has 1 N–H and O–H groups in total. The molecule has 0 aliphatic carbocycles. The van der Waals surface area contributed by atoms with Crippen molar-refractivity contribution in [2.75, 3.05) is 47.0 Å². The highest BCUT2D eigenvalue weighted by molar-refractivity contribution is 5.92. The van der Waals surface area contributed by atoms with Gasteiger partial charge in [-0.15, -0.1) is 0 Å². The molecule has 0 atom stereocenters. The summed E-state index contributed by atoms with van der Waals surface area (Å²) in [6.07, 6.45) is 0.979. The van der Waals surface area contributed by atoms with E-state index in [-0.39, 0.29) is 6.03 Å². The number of nitrogens with one attached hydrogen (secondary N) is 1. The SMILES string of the molecule is COC(=O)c1cc(CNC(=O)N2CCN(Cc3ccc4c(c3)CCO4)CC2)ccc1OC. The van der Waals surface area contributed by atoms with Crippen LogP contribution in [0.5, 0.6) is 11.5 Å². The Hall–Kier alpha value is -3.26. The molecule has 32 heavy (non-hydrogen) atoms. The molecular formula is C24H29N3O5. The number of benzene rings is 2. The number of amides is 2. The Bertz CT molecular complexity index is 986. The molecule has 2 aromatic carbocycles. The van der Waals surface area contributed by atoms with Crippen molar-refractivity contribution in [3.8, 4) is 11.5 Å². The Morgan fingerprint density at radius 2 is 1.81 bits per heavy atom. The van der Waals surface area contributed by atoms with Crippen molar-refractivity contribution in [3.63, 3.8) is 0 Å². The molecule has 0 unspecified atom stereocenters. The molecule has 8 heteroatoms. The Morgan fingerprint density at radius 1 is 1.03 bits per heavy atom. The third kappa shape index (κ3) is 4.96. The van der Waals surface area contributed by atoms with Gasteiger partial charge in [0.25, 0.3) is 0 Å². The number of rotatable bonds is 6. The predicted molar refractivity (Wildman–Crippen MR) is 119 cm³/mol. The van der Waals surface area contributed by atoms with E-state index in [9.17, 15) is 9.59 Å². The van der Waals surface area contributed by atoms with Gasteiger partial charge in [0.2, 0.25) is 0 Å². The van der Waals surface area contributed by atoms with E-state index in [4.69, 9.17) is 14.2 Å². The van der Waals surface area contributed by atoms with Crippen molar-refractivity contribution < 1.29 is 23.8 Å². The molecule has 0 radical (unpaired) electrons. The van der Waals surface area contributed by atoms with Gasteiger partial charge in [-0.05, 0) is 34.9 Å². The molecule has 170 valence electrons. The van der Waals surface area contributed by atoms with Gasteiger partial charge in [-0.25, -0.2) is 9.59 Å². The van der Waals surface area contributed by atoms with Gasteiger partial charge in [0, 0.05) is 45.7 Å². The zero-order valence-electron chi connectivity index (χ0n) is 18.6. The third-order valence-corrected chi connectivity index (χ3v) is 5.93. The van der Waals surface area contributed by atoms with Crippen molar-refractivity contribution in [1.29, 1.82) is 0 Å². The van der Waals surface area contributed by atoms with Crippen LogP contribution in [-0.2, 0) is 24.2 Å². The number of carbonyl (C=O) groups excluding carboxylic acids is 2. The van der Waals surface area contributed by atoms with Gasteiger partial charge in [0.15, 0.2) is 0 Å². The van der Waals surface area contributed by atoms with Crippen LogP contribution >= 0.6 is 0 Å². The van der Waals surface area contributed by atoms with Crippen molar-refractivity contribution >= 4 is 12.0 Å². The van der Waals surface area contributed by atoms with Crippen molar-refractivity contribution in [3.05, 3.63) is 58.7 Å². The number of fused-ring (bicyclic) bond motifs is 1. The smallest absolute Gasteiger partial charge is 0.341 e. The highest BCUT2D eigenvalue weighted by Gasteiger charge is 2.22. The van der Waals surface area contributed by atoms with E-state index < -0.39 is 5.97 Å². The second kappa shape index (κ2) is 9.91. The van der Waals surface area contributed by atoms with Crippen LogP contribution in [0.2, 0.25) is 0 Å². The minimum atomic E-state index is -0.470. The summed E-state index contributed by atoms with van der Waals surface area (Å²) in [7, 11) is 2.83. The first-order chi connectivity index (χ1) is 15.6. The Kier molecular flexibility index (Phi) is 6.80. The second-order valence-electron chi connectivity index (χ2n) is 7.99. The van der Waals surface area contributed by atoms with E-state index in [0.717, 1.165) is 44.0 Å². The minimum Gasteiger partial charge on any atom is -0.496 e. The van der Waals surface area contributed by atoms with Crippen molar-refractivity contribution in [2.45, 2.75) is 19.5 Å². The van der Waals surface area contributed by atoms with Gasteiger partial charge in [0.05, 0.1) is 20.8 Å². The Balaban J connectivity index is 1.26. The fourth-order valence-electron chi connectivity index (χ4n) is 4.13. The molecule has 0 aromatic heterocycles. The summed E-state index contributed by atoms with van der Waals surface area (Å²) in [6.45, 7) is 4.99. The predicted octanol–water partition coefficient (Wildman–Crippen LogP) is 2.44. The van der Waals surface area contributed by atoms with E-state index in [1.807, 2.05) is 11.0 Å². The fourth-order valence-corrected chi connectivity index (χ4v) is 4.13. The maximum Gasteiger partial charge on any atom is 0.341 e. The zero-order valence-corrected chi connectivity index (χ0v) is 18.6. The molecule has 2 aromatic rings. The van der Waals surface area contributed by atoms with Crippen LogP contribution in [0.4, 0.5) is 4.79 Å². The summed E-state index contributed by atoms with van der Waals surface area (Å²) in [6, 6.07) is 11.5. The van der Waals surface area contributed by atoms with Crippen molar-refractivity contribution in [1.82, 2.24) is 15.1 Å². The average Bonchev–Trinajstić information content (AvgIpc) is 3.30. The van der Waals surface area contributed by atoms with Crippen molar-refractivity contribution in [2.24, 2.45) is 0 Å². The van der Waals surface area contributed by atoms with Crippen LogP contribution in [0, 0.1) is 0 Å². The summed E-state index contributed by atoms with van der Waals surface area (Å²) < 4.78 is 15.6. The van der Waals surface area contributed by atoms with Gasteiger partial charge >= 0.3 is 12.0 Å². The van der Waals surface area contributed by atoms with Crippen LogP contribution in [0.15, 0.2) is 36.4 Å². The van der Waals surface area contributed by atoms with E-state index >= 15 is 0 Å². The van der Waals surface area contributed by atoms with Gasteiger partial charge in [-0.2, -0.15) is 0 Å². The van der Waals surface area contributed by atoms with E-state index in [0.29, 0.717) is 30.9 Å². The molecule has 4 rings (SSSR count). The lowest BCUT2D eigenvalue weighted by molar-refractivity contribution is 0.0597. The number of methoxy groups -OCH3 is 2. The number of hydrogen-bond acceptors (Lipinski definition) is 6. The number of carbonyl (C=O) groups is 2. The number of urea groups is 1. The summed E-state index contributed by atoms with van der Waals surface area (Å²) in [5.41, 5.74) is 3.72. The zero-order chi connectivity index (χ0) is 22.5. The van der Waals surface area contributed by atoms with Crippen LogP contribution in [0.1, 0.15) is 27.0 Å². The van der Waals surface area contributed by atoms with Gasteiger partial charge < -0.3 is 24.4 Å². The molecule has 2 aliphatic rings. The van der Waals surface area contributed by atoms with Gasteiger partial charge in [0.1, 0.15) is 17.1 Å². The highest BCUT2D eigenvalue weighted by Crippen LogP contribution is 2.26. The topological polar surface area (TPSA) is 80.3 Å². The average molecular weight is 440 g/mol. The van der Waals surface area contributed by atoms with E-state index in [1.165, 1.54) is 25.3 Å². The highest BCUT2D eigenvalue weighted by atomic mass is 16.5. The normalized spacial score (nSPS) is 15.6. The van der Waals surface area contributed by atoms with Crippen LogP contribution in [0.25, 0.3) is 0 Å². The number of hydrogen-bond donors (Lipinski definition) is 1. The first-order valence-corrected chi connectivity index (χ1v) is 10.8. The molecule has 8 nitrogen and oxygen atoms in total. The second-order valence-corrected chi connectivity index (χ2v) is 7.99. The van der Waals surface area contributed by atoms with Gasteiger partial charge in [-0.1, -0.05) is 18.2 Å². The van der Waals surface area contributed by atoms with Crippen LogP contribution in [0.3, 0.4) is 0 Å². The summed E-state index contributed by atoms with van der Waals surface area (Å²) in [4.78, 5) is 28.8. The van der Waals surface area contributed by atoms with Crippen LogP contribution < -0.4 is 14.8 Å². The fraction of sp³-hybridized carbons (Fsp3) is 0.417. The molecule has 0 saturated carbocycles. The third-order valence-electron chi connectivity index (χ3n) is 5.93. The number of esters is 1. The molecule has 2 heterocycles. The lowest BCUT2D eigenvalue weighted by atomic mass is 10.1. The van der Waals surface area contributed by atoms with Gasteiger partial charge in [-0.3, -0.25) is 4.90 Å². The standard InChI is InChI=1S/C24H29N3O5/c1-30-22-6-3-17(14-20(22)23(28)31-2)15-25-24(29)27-10-8-26(9-11-27)16-18-4-5-21-19(13-18)7-12-32-21/h3-6,13-14H,7-12,15-16H2,1-2H3,(H,25,29). The first kappa shape index (κ1) is 22.0. The summed E-state index contributed by atoms with van der Waals surface area (Å²) in [5, 5.41) is 2.94. The van der Waals surface area contributed by atoms with E-state index in [2.05, 4.69) is 28.4 Å². The Morgan fingerprint density at radius 3 is 2.56 bits per heavy atom. The lowest BCUT2D eigenvalue weighted by Crippen LogP contribution is -2.51. The largest absolute Gasteiger partial charge is 0.496 e. The summed E-state index contributed by atoms with van der Waals surface area (Å²) in [5.74, 6) is 0.979. The molecular weight excluding hydrogens is 410 g/mol. The molecule has 1 saturated heterocycles. The maximum atomic E-state index is 12.6. The quantitative estimate of drug-likeness (QED) is 0.697.